The van der Waals surface area contributed by atoms with Crippen molar-refractivity contribution in [3.8, 4) is 0 Å². The van der Waals surface area contributed by atoms with Crippen LogP contribution < -0.4 is 5.32 Å². The van der Waals surface area contributed by atoms with Crippen molar-refractivity contribution in [2.45, 2.75) is 19.1 Å². The number of amides is 1. The fourth-order valence-corrected chi connectivity index (χ4v) is 2.13. The zero-order valence-corrected chi connectivity index (χ0v) is 11.8. The Labute approximate surface area is 123 Å². The van der Waals surface area contributed by atoms with Crippen LogP contribution in [0, 0.1) is 0 Å². The Kier molecular flexibility index (Phi) is 4.77. The second kappa shape index (κ2) is 6.55. The summed E-state index contributed by atoms with van der Waals surface area (Å²) in [6.45, 7) is 1.76. The molecular weight excluding hydrogens is 274 g/mol. The number of nitrogens with one attached hydrogen (secondary N) is 1. The number of aliphatic hydroxyl groups is 1. The normalized spacial score (nSPS) is 13.6. The molecule has 0 aliphatic carbocycles. The van der Waals surface area contributed by atoms with Gasteiger partial charge in [0, 0.05) is 10.6 Å². The number of hydrogen-bond donors (Lipinski definition) is 2. The first-order valence-electron chi connectivity index (χ1n) is 6.37. The fourth-order valence-electron chi connectivity index (χ4n) is 1.94. The van der Waals surface area contributed by atoms with E-state index in [9.17, 15) is 9.90 Å². The summed E-state index contributed by atoms with van der Waals surface area (Å²) in [5.41, 5.74) is 1.25. The highest BCUT2D eigenvalue weighted by molar-refractivity contribution is 6.30. The van der Waals surface area contributed by atoms with Crippen LogP contribution in [0.1, 0.15) is 28.9 Å². The molecule has 2 atom stereocenters. The largest absolute Gasteiger partial charge is 0.386 e. The van der Waals surface area contributed by atoms with E-state index in [1.807, 2.05) is 30.3 Å². The van der Waals surface area contributed by atoms with E-state index in [0.29, 0.717) is 10.6 Å². The van der Waals surface area contributed by atoms with Gasteiger partial charge in [-0.2, -0.15) is 0 Å². The quantitative estimate of drug-likeness (QED) is 0.908. The maximum atomic E-state index is 12.1. The van der Waals surface area contributed by atoms with Crippen molar-refractivity contribution >= 4 is 17.5 Å². The van der Waals surface area contributed by atoms with Crippen LogP contribution in [0.3, 0.4) is 0 Å². The van der Waals surface area contributed by atoms with Crippen molar-refractivity contribution in [1.82, 2.24) is 5.32 Å². The van der Waals surface area contributed by atoms with Crippen molar-refractivity contribution in [3.05, 3.63) is 70.7 Å². The van der Waals surface area contributed by atoms with Gasteiger partial charge < -0.3 is 10.4 Å². The van der Waals surface area contributed by atoms with Gasteiger partial charge in [0.05, 0.1) is 12.1 Å². The predicted octanol–water partition coefficient (Wildman–Crippen LogP) is 3.19. The minimum Gasteiger partial charge on any atom is -0.386 e. The highest BCUT2D eigenvalue weighted by Gasteiger charge is 2.18. The molecule has 0 bridgehead atoms. The van der Waals surface area contributed by atoms with Gasteiger partial charge >= 0.3 is 0 Å². The van der Waals surface area contributed by atoms with Crippen LogP contribution in [-0.4, -0.2) is 17.1 Å². The average Bonchev–Trinajstić information content (AvgIpc) is 2.47. The van der Waals surface area contributed by atoms with E-state index in [4.69, 9.17) is 11.6 Å². The molecule has 2 aromatic carbocycles. The van der Waals surface area contributed by atoms with Gasteiger partial charge in [-0.3, -0.25) is 4.79 Å². The van der Waals surface area contributed by atoms with Crippen LogP contribution in [0.4, 0.5) is 0 Å². The molecule has 0 saturated heterocycles. The van der Waals surface area contributed by atoms with Gasteiger partial charge in [0.1, 0.15) is 0 Å². The molecule has 0 fully saturated rings. The highest BCUT2D eigenvalue weighted by Crippen LogP contribution is 2.17. The van der Waals surface area contributed by atoms with Gasteiger partial charge in [-0.1, -0.05) is 48.0 Å². The minimum absolute atomic E-state index is 0.255. The van der Waals surface area contributed by atoms with Gasteiger partial charge in [0.25, 0.3) is 5.91 Å². The van der Waals surface area contributed by atoms with Crippen molar-refractivity contribution in [3.63, 3.8) is 0 Å². The summed E-state index contributed by atoms with van der Waals surface area (Å²) >= 11 is 5.85. The number of carbonyl (C=O) groups excluding carboxylic acids is 1. The molecule has 0 saturated carbocycles. The van der Waals surface area contributed by atoms with E-state index >= 15 is 0 Å². The topological polar surface area (TPSA) is 49.3 Å². The van der Waals surface area contributed by atoms with Crippen LogP contribution >= 0.6 is 11.6 Å². The third-order valence-electron chi connectivity index (χ3n) is 3.06. The van der Waals surface area contributed by atoms with Crippen LogP contribution in [0.25, 0.3) is 0 Å². The number of carbonyl (C=O) groups is 1. The Balaban J connectivity index is 2.04. The van der Waals surface area contributed by atoms with Crippen LogP contribution in [0.5, 0.6) is 0 Å². The molecule has 0 aliphatic rings. The minimum atomic E-state index is -0.751. The van der Waals surface area contributed by atoms with E-state index in [-0.39, 0.29) is 5.91 Å². The van der Waals surface area contributed by atoms with Gasteiger partial charge in [0.2, 0.25) is 0 Å². The first kappa shape index (κ1) is 14.6. The molecule has 0 spiro atoms. The maximum absolute atomic E-state index is 12.1. The molecule has 3 nitrogen and oxygen atoms in total. The lowest BCUT2D eigenvalue weighted by Gasteiger charge is -2.20. The van der Waals surface area contributed by atoms with Gasteiger partial charge in [0.15, 0.2) is 0 Å². The van der Waals surface area contributed by atoms with Crippen molar-refractivity contribution in [2.24, 2.45) is 0 Å². The Bertz CT molecular complexity index is 586. The van der Waals surface area contributed by atoms with Crippen molar-refractivity contribution in [2.75, 3.05) is 0 Å². The highest BCUT2D eigenvalue weighted by atomic mass is 35.5. The first-order valence-corrected chi connectivity index (χ1v) is 6.75. The summed E-state index contributed by atoms with van der Waals surface area (Å²) in [6.07, 6.45) is -0.751. The number of benzene rings is 2. The third kappa shape index (κ3) is 3.59. The monoisotopic (exact) mass is 289 g/mol. The number of hydrogen-bond acceptors (Lipinski definition) is 2. The molecule has 0 unspecified atom stereocenters. The number of rotatable bonds is 4. The molecule has 0 aliphatic heterocycles. The van der Waals surface area contributed by atoms with E-state index in [0.717, 1.165) is 5.56 Å². The molecule has 2 rings (SSSR count). The molecule has 104 valence electrons. The first-order chi connectivity index (χ1) is 9.58. The Hall–Kier alpha value is -1.84. The maximum Gasteiger partial charge on any atom is 0.251 e. The van der Waals surface area contributed by atoms with E-state index < -0.39 is 12.1 Å². The lowest BCUT2D eigenvalue weighted by atomic mass is 10.0. The molecule has 0 heterocycles. The number of aliphatic hydroxyl groups excluding tert-OH is 1. The summed E-state index contributed by atoms with van der Waals surface area (Å²) < 4.78 is 0. The fraction of sp³-hybridized carbons (Fsp3) is 0.188. The van der Waals surface area contributed by atoms with Crippen LogP contribution in [-0.2, 0) is 0 Å². The van der Waals surface area contributed by atoms with E-state index in [1.54, 1.807) is 31.2 Å². The Morgan fingerprint density at radius 2 is 1.85 bits per heavy atom. The lowest BCUT2D eigenvalue weighted by Crippen LogP contribution is -2.37. The zero-order chi connectivity index (χ0) is 14.5. The predicted molar refractivity (Wildman–Crippen MR) is 79.8 cm³/mol. The zero-order valence-electron chi connectivity index (χ0n) is 11.1. The molecule has 4 heteroatoms. The third-order valence-corrected chi connectivity index (χ3v) is 3.30. The van der Waals surface area contributed by atoms with Crippen LogP contribution in [0.15, 0.2) is 54.6 Å². The average molecular weight is 290 g/mol. The summed E-state index contributed by atoms with van der Waals surface area (Å²) in [5, 5.41) is 13.5. The molecule has 0 radical (unpaired) electrons. The summed E-state index contributed by atoms with van der Waals surface area (Å²) in [6, 6.07) is 15.5. The summed E-state index contributed by atoms with van der Waals surface area (Å²) in [4.78, 5) is 12.1. The van der Waals surface area contributed by atoms with Crippen molar-refractivity contribution < 1.29 is 9.90 Å². The Morgan fingerprint density at radius 1 is 1.15 bits per heavy atom. The molecule has 2 N–H and O–H groups in total. The molecule has 0 aromatic heterocycles. The number of halogens is 1. The van der Waals surface area contributed by atoms with E-state index in [2.05, 4.69) is 5.32 Å². The van der Waals surface area contributed by atoms with Gasteiger partial charge in [-0.05, 0) is 30.7 Å². The second-order valence-electron chi connectivity index (χ2n) is 4.63. The molecule has 20 heavy (non-hydrogen) atoms. The van der Waals surface area contributed by atoms with Gasteiger partial charge in [-0.15, -0.1) is 0 Å². The standard InChI is InChI=1S/C16H16ClNO2/c1-11(15(19)12-6-3-2-4-7-12)18-16(20)13-8-5-9-14(17)10-13/h2-11,15,19H,1H3,(H,18,20)/t11-,15-/m1/s1. The van der Waals surface area contributed by atoms with Crippen LogP contribution in [0.2, 0.25) is 5.02 Å². The van der Waals surface area contributed by atoms with Gasteiger partial charge in [-0.25, -0.2) is 0 Å². The summed E-state index contributed by atoms with van der Waals surface area (Å²) in [5.74, 6) is -0.255. The molecular formula is C16H16ClNO2. The smallest absolute Gasteiger partial charge is 0.251 e. The summed E-state index contributed by atoms with van der Waals surface area (Å²) in [7, 11) is 0. The lowest BCUT2D eigenvalue weighted by molar-refractivity contribution is 0.0852. The second-order valence-corrected chi connectivity index (χ2v) is 5.06. The van der Waals surface area contributed by atoms with Crippen molar-refractivity contribution in [1.29, 1.82) is 0 Å². The van der Waals surface area contributed by atoms with E-state index in [1.165, 1.54) is 0 Å². The SMILES string of the molecule is C[C@@H](NC(=O)c1cccc(Cl)c1)[C@@H](O)c1ccccc1. The Morgan fingerprint density at radius 3 is 2.50 bits per heavy atom. The molecule has 2 aromatic rings. The molecule has 1 amide bonds.